The van der Waals surface area contributed by atoms with Crippen molar-refractivity contribution in [1.82, 2.24) is 0 Å². The van der Waals surface area contributed by atoms with Crippen molar-refractivity contribution in [2.45, 2.75) is 26.2 Å². The predicted octanol–water partition coefficient (Wildman–Crippen LogP) is 2.21. The maximum Gasteiger partial charge on any atom is 0.335 e. The highest BCUT2D eigenvalue weighted by atomic mass is 16.4. The van der Waals surface area contributed by atoms with Crippen LogP contribution >= 0.6 is 0 Å². The normalized spacial score (nSPS) is 17.2. The molecule has 0 amide bonds. The summed E-state index contributed by atoms with van der Waals surface area (Å²) >= 11 is 0. The molecule has 1 aliphatic carbocycles. The Bertz CT molecular complexity index is 477. The SMILES string of the molecule is Cc1cc(C(=O)O)c2c(c1)/C(=N\O)CCC2. The van der Waals surface area contributed by atoms with Crippen LogP contribution in [0.1, 0.15) is 39.9 Å². The van der Waals surface area contributed by atoms with Gasteiger partial charge in [0.1, 0.15) is 0 Å². The van der Waals surface area contributed by atoms with Crippen molar-refractivity contribution in [3.63, 3.8) is 0 Å². The van der Waals surface area contributed by atoms with Crippen molar-refractivity contribution in [2.75, 3.05) is 0 Å². The third-order valence-electron chi connectivity index (χ3n) is 2.90. The number of fused-ring (bicyclic) bond motifs is 1. The Morgan fingerprint density at radius 2 is 2.12 bits per heavy atom. The maximum atomic E-state index is 11.1. The molecule has 84 valence electrons. The number of carboxylic acids is 1. The minimum absolute atomic E-state index is 0.329. The summed E-state index contributed by atoms with van der Waals surface area (Å²) in [6.45, 7) is 1.84. The summed E-state index contributed by atoms with van der Waals surface area (Å²) < 4.78 is 0. The van der Waals surface area contributed by atoms with Crippen molar-refractivity contribution in [3.05, 3.63) is 34.4 Å². The Labute approximate surface area is 93.2 Å². The van der Waals surface area contributed by atoms with E-state index in [1.54, 1.807) is 6.07 Å². The zero-order valence-corrected chi connectivity index (χ0v) is 9.03. The second-order valence-electron chi connectivity index (χ2n) is 4.04. The molecule has 0 atom stereocenters. The predicted molar refractivity (Wildman–Crippen MR) is 59.4 cm³/mol. The van der Waals surface area contributed by atoms with E-state index in [4.69, 9.17) is 10.3 Å². The van der Waals surface area contributed by atoms with Crippen LogP contribution < -0.4 is 0 Å². The Morgan fingerprint density at radius 3 is 2.75 bits per heavy atom. The van der Waals surface area contributed by atoms with E-state index < -0.39 is 5.97 Å². The molecule has 0 radical (unpaired) electrons. The van der Waals surface area contributed by atoms with Gasteiger partial charge in [0.2, 0.25) is 0 Å². The minimum atomic E-state index is -0.917. The van der Waals surface area contributed by atoms with Gasteiger partial charge in [0.05, 0.1) is 11.3 Å². The van der Waals surface area contributed by atoms with Crippen LogP contribution in [0.4, 0.5) is 0 Å². The lowest BCUT2D eigenvalue weighted by atomic mass is 9.85. The van der Waals surface area contributed by atoms with Crippen LogP contribution in [0.2, 0.25) is 0 Å². The van der Waals surface area contributed by atoms with E-state index in [1.165, 1.54) is 0 Å². The first-order valence-corrected chi connectivity index (χ1v) is 5.21. The Morgan fingerprint density at radius 1 is 1.38 bits per heavy atom. The molecule has 0 fully saturated rings. The third kappa shape index (κ3) is 1.66. The van der Waals surface area contributed by atoms with Gasteiger partial charge in [0.15, 0.2) is 0 Å². The van der Waals surface area contributed by atoms with Gasteiger partial charge >= 0.3 is 5.97 Å². The molecule has 1 aromatic rings. The van der Waals surface area contributed by atoms with Crippen molar-refractivity contribution in [2.24, 2.45) is 5.16 Å². The molecule has 2 N–H and O–H groups in total. The molecule has 2 rings (SSSR count). The zero-order valence-electron chi connectivity index (χ0n) is 9.03. The van der Waals surface area contributed by atoms with Crippen LogP contribution in [-0.4, -0.2) is 22.0 Å². The van der Waals surface area contributed by atoms with E-state index >= 15 is 0 Å². The van der Waals surface area contributed by atoms with E-state index in [2.05, 4.69) is 5.16 Å². The van der Waals surface area contributed by atoms with Gasteiger partial charge in [-0.15, -0.1) is 0 Å². The molecule has 4 heteroatoms. The van der Waals surface area contributed by atoms with E-state index in [0.29, 0.717) is 17.7 Å². The highest BCUT2D eigenvalue weighted by molar-refractivity contribution is 6.05. The topological polar surface area (TPSA) is 69.9 Å². The van der Waals surface area contributed by atoms with Crippen LogP contribution in [0, 0.1) is 6.92 Å². The number of aromatic carboxylic acids is 1. The number of nitrogens with zero attached hydrogens (tertiary/aromatic N) is 1. The monoisotopic (exact) mass is 219 g/mol. The number of carbonyl (C=O) groups is 1. The summed E-state index contributed by atoms with van der Waals surface area (Å²) in [5, 5.41) is 21.3. The average Bonchev–Trinajstić information content (AvgIpc) is 2.27. The Kier molecular flexibility index (Phi) is 2.64. The quantitative estimate of drug-likeness (QED) is 0.562. The molecule has 0 aromatic heterocycles. The lowest BCUT2D eigenvalue weighted by Crippen LogP contribution is -2.16. The molecule has 1 aliphatic rings. The summed E-state index contributed by atoms with van der Waals surface area (Å²) in [6, 6.07) is 3.55. The summed E-state index contributed by atoms with van der Waals surface area (Å²) in [5.74, 6) is -0.917. The molecule has 4 nitrogen and oxygen atoms in total. The van der Waals surface area contributed by atoms with Gasteiger partial charge in [-0.2, -0.15) is 0 Å². The largest absolute Gasteiger partial charge is 0.478 e. The number of hydrogen-bond acceptors (Lipinski definition) is 3. The smallest absolute Gasteiger partial charge is 0.335 e. The molecule has 0 unspecified atom stereocenters. The summed E-state index contributed by atoms with van der Waals surface area (Å²) in [5.41, 5.74) is 3.37. The van der Waals surface area contributed by atoms with Crippen LogP contribution in [0.3, 0.4) is 0 Å². The van der Waals surface area contributed by atoms with E-state index in [9.17, 15) is 4.79 Å². The molecule has 0 bridgehead atoms. The lowest BCUT2D eigenvalue weighted by molar-refractivity contribution is 0.0695. The Balaban J connectivity index is 2.68. The van der Waals surface area contributed by atoms with Crippen LogP contribution in [0.5, 0.6) is 0 Å². The number of rotatable bonds is 1. The van der Waals surface area contributed by atoms with Crippen LogP contribution in [0.25, 0.3) is 0 Å². The first-order valence-electron chi connectivity index (χ1n) is 5.21. The number of aryl methyl sites for hydroxylation is 1. The second kappa shape index (κ2) is 3.96. The van der Waals surface area contributed by atoms with Crippen molar-refractivity contribution in [1.29, 1.82) is 0 Å². The van der Waals surface area contributed by atoms with Gasteiger partial charge in [0, 0.05) is 5.56 Å². The van der Waals surface area contributed by atoms with Crippen molar-refractivity contribution >= 4 is 11.7 Å². The molecular weight excluding hydrogens is 206 g/mol. The molecule has 0 spiro atoms. The maximum absolute atomic E-state index is 11.1. The van der Waals surface area contributed by atoms with Gasteiger partial charge in [-0.25, -0.2) is 4.79 Å². The van der Waals surface area contributed by atoms with E-state index in [1.807, 2.05) is 13.0 Å². The van der Waals surface area contributed by atoms with Gasteiger partial charge < -0.3 is 10.3 Å². The van der Waals surface area contributed by atoms with Gasteiger partial charge in [-0.3, -0.25) is 0 Å². The summed E-state index contributed by atoms with van der Waals surface area (Å²) in [7, 11) is 0. The fourth-order valence-electron chi connectivity index (χ4n) is 2.21. The molecule has 0 aliphatic heterocycles. The zero-order chi connectivity index (χ0) is 11.7. The van der Waals surface area contributed by atoms with E-state index in [0.717, 1.165) is 29.5 Å². The molecule has 0 saturated carbocycles. The molecule has 1 aromatic carbocycles. The average molecular weight is 219 g/mol. The second-order valence-corrected chi connectivity index (χ2v) is 4.04. The highest BCUT2D eigenvalue weighted by Crippen LogP contribution is 2.26. The van der Waals surface area contributed by atoms with Gasteiger partial charge in [-0.1, -0.05) is 5.16 Å². The number of carboxylic acid groups (broad SMARTS) is 1. The third-order valence-corrected chi connectivity index (χ3v) is 2.90. The van der Waals surface area contributed by atoms with Gasteiger partial charge in [0.25, 0.3) is 0 Å². The molecule has 0 saturated heterocycles. The summed E-state index contributed by atoms with van der Waals surface area (Å²) in [6.07, 6.45) is 2.26. The fourth-order valence-corrected chi connectivity index (χ4v) is 2.21. The first kappa shape index (κ1) is 10.7. The van der Waals surface area contributed by atoms with Crippen molar-refractivity contribution in [3.8, 4) is 0 Å². The molecule has 0 heterocycles. The first-order chi connectivity index (χ1) is 7.63. The highest BCUT2D eigenvalue weighted by Gasteiger charge is 2.22. The lowest BCUT2D eigenvalue weighted by Gasteiger charge is -2.19. The van der Waals surface area contributed by atoms with Gasteiger partial charge in [-0.05, 0) is 49.4 Å². The minimum Gasteiger partial charge on any atom is -0.478 e. The van der Waals surface area contributed by atoms with Crippen LogP contribution in [-0.2, 0) is 6.42 Å². The Hall–Kier alpha value is -1.84. The number of benzene rings is 1. The fraction of sp³-hybridized carbons (Fsp3) is 0.333. The number of oxime groups is 1. The number of hydrogen-bond donors (Lipinski definition) is 2. The molecular formula is C12H13NO3. The van der Waals surface area contributed by atoms with Crippen LogP contribution in [0.15, 0.2) is 17.3 Å². The standard InChI is InChI=1S/C12H13NO3/c1-7-5-9-8(10(6-7)12(14)15)3-2-4-11(9)13-16/h5-6,16H,2-4H2,1H3,(H,14,15)/b13-11-. The van der Waals surface area contributed by atoms with E-state index in [-0.39, 0.29) is 0 Å². The summed E-state index contributed by atoms with van der Waals surface area (Å²) in [4.78, 5) is 11.1. The van der Waals surface area contributed by atoms with Crippen molar-refractivity contribution < 1.29 is 15.1 Å². The molecule has 16 heavy (non-hydrogen) atoms.